The molecule has 0 spiro atoms. The van der Waals surface area contributed by atoms with Crippen LogP contribution in [0.15, 0.2) is 57.9 Å². The molecule has 28 heavy (non-hydrogen) atoms. The van der Waals surface area contributed by atoms with Crippen LogP contribution >= 0.6 is 15.9 Å². The monoisotopic (exact) mass is 465 g/mol. The second-order valence-corrected chi connectivity index (χ2v) is 9.02. The molecule has 1 saturated heterocycles. The van der Waals surface area contributed by atoms with Gasteiger partial charge in [-0.3, -0.25) is 9.59 Å². The summed E-state index contributed by atoms with van der Waals surface area (Å²) < 4.78 is 23.4. The molecule has 7 nitrogen and oxygen atoms in total. The van der Waals surface area contributed by atoms with Crippen LogP contribution in [-0.2, 0) is 26.0 Å². The molecule has 0 radical (unpaired) electrons. The number of carbonyl (C=O) groups excluding carboxylic acids is 2. The second kappa shape index (κ2) is 8.42. The van der Waals surface area contributed by atoms with Crippen LogP contribution in [0.5, 0.6) is 0 Å². The summed E-state index contributed by atoms with van der Waals surface area (Å²) >= 11 is 3.39. The lowest BCUT2D eigenvalue weighted by atomic mass is 10.1. The summed E-state index contributed by atoms with van der Waals surface area (Å²) in [6.07, 6.45) is 0.993. The van der Waals surface area contributed by atoms with E-state index in [0.717, 1.165) is 15.7 Å². The van der Waals surface area contributed by atoms with Crippen LogP contribution in [0, 0.1) is 5.92 Å². The molecule has 2 aromatic rings. The van der Waals surface area contributed by atoms with E-state index in [1.807, 2.05) is 24.3 Å². The lowest BCUT2D eigenvalue weighted by Gasteiger charge is -2.17. The van der Waals surface area contributed by atoms with Crippen LogP contribution in [0.1, 0.15) is 12.0 Å². The Morgan fingerprint density at radius 2 is 1.93 bits per heavy atom. The van der Waals surface area contributed by atoms with Gasteiger partial charge >= 0.3 is 0 Å². The van der Waals surface area contributed by atoms with Gasteiger partial charge in [0, 0.05) is 23.2 Å². The number of nitrogens with two attached hydrogens (primary N) is 1. The fourth-order valence-electron chi connectivity index (χ4n) is 3.12. The number of nitrogens with one attached hydrogen (secondary N) is 1. The standard InChI is InChI=1S/C19H20BrN3O4S/c20-14-2-1-3-15(12-14)23-11-9-17(19(23)25)18(24)22-10-8-13-4-6-16(7-5-13)28(21,26)27/h1-7,12,17H,8-11H2,(H,22,24)(H2,21,26,27). The predicted molar refractivity (Wildman–Crippen MR) is 109 cm³/mol. The van der Waals surface area contributed by atoms with Crippen LogP contribution in [0.3, 0.4) is 0 Å². The van der Waals surface area contributed by atoms with Gasteiger partial charge in [-0.25, -0.2) is 13.6 Å². The zero-order valence-corrected chi connectivity index (χ0v) is 17.4. The lowest BCUT2D eigenvalue weighted by molar-refractivity contribution is -0.132. The first-order valence-corrected chi connectivity index (χ1v) is 11.1. The molecule has 0 aromatic heterocycles. The minimum atomic E-state index is -3.72. The highest BCUT2D eigenvalue weighted by Gasteiger charge is 2.37. The van der Waals surface area contributed by atoms with Gasteiger partial charge in [-0.2, -0.15) is 0 Å². The van der Waals surface area contributed by atoms with Crippen molar-refractivity contribution in [1.29, 1.82) is 0 Å². The molecular formula is C19H20BrN3O4S. The van der Waals surface area contributed by atoms with Crippen molar-refractivity contribution in [3.05, 3.63) is 58.6 Å². The quantitative estimate of drug-likeness (QED) is 0.633. The van der Waals surface area contributed by atoms with E-state index in [0.29, 0.717) is 25.9 Å². The van der Waals surface area contributed by atoms with E-state index in [9.17, 15) is 18.0 Å². The zero-order chi connectivity index (χ0) is 20.3. The molecule has 148 valence electrons. The van der Waals surface area contributed by atoms with Crippen LogP contribution in [0.25, 0.3) is 0 Å². The van der Waals surface area contributed by atoms with Crippen LogP contribution < -0.4 is 15.4 Å². The van der Waals surface area contributed by atoms with E-state index < -0.39 is 15.9 Å². The van der Waals surface area contributed by atoms with Crippen LogP contribution in [0.4, 0.5) is 5.69 Å². The topological polar surface area (TPSA) is 110 Å². The number of hydrogen-bond donors (Lipinski definition) is 2. The summed E-state index contributed by atoms with van der Waals surface area (Å²) in [6.45, 7) is 0.858. The third kappa shape index (κ3) is 4.78. The van der Waals surface area contributed by atoms with Gasteiger partial charge in [0.15, 0.2) is 0 Å². The number of carbonyl (C=O) groups is 2. The van der Waals surface area contributed by atoms with Crippen molar-refractivity contribution in [1.82, 2.24) is 5.32 Å². The third-order valence-electron chi connectivity index (χ3n) is 4.61. The Kier molecular flexibility index (Phi) is 6.17. The van der Waals surface area contributed by atoms with Gasteiger partial charge < -0.3 is 10.2 Å². The maximum absolute atomic E-state index is 12.6. The fourth-order valence-corrected chi connectivity index (χ4v) is 4.03. The smallest absolute Gasteiger partial charge is 0.239 e. The summed E-state index contributed by atoms with van der Waals surface area (Å²) in [5.41, 5.74) is 1.63. The average molecular weight is 466 g/mol. The third-order valence-corrected chi connectivity index (χ3v) is 6.03. The predicted octanol–water partition coefficient (Wildman–Crippen LogP) is 1.81. The number of rotatable bonds is 6. The number of halogens is 1. The van der Waals surface area contributed by atoms with E-state index in [1.165, 1.54) is 12.1 Å². The summed E-state index contributed by atoms with van der Waals surface area (Å²) in [6, 6.07) is 13.6. The molecule has 3 rings (SSSR count). The second-order valence-electron chi connectivity index (χ2n) is 6.54. The van der Waals surface area contributed by atoms with Gasteiger partial charge in [0.1, 0.15) is 5.92 Å². The van der Waals surface area contributed by atoms with E-state index in [-0.39, 0.29) is 16.7 Å². The van der Waals surface area contributed by atoms with Crippen LogP contribution in [0.2, 0.25) is 0 Å². The number of anilines is 1. The molecule has 0 bridgehead atoms. The molecule has 1 aliphatic heterocycles. The number of sulfonamides is 1. The van der Waals surface area contributed by atoms with Crippen molar-refractivity contribution in [3.63, 3.8) is 0 Å². The van der Waals surface area contributed by atoms with E-state index in [1.54, 1.807) is 17.0 Å². The van der Waals surface area contributed by atoms with Crippen molar-refractivity contribution in [3.8, 4) is 0 Å². The minimum absolute atomic E-state index is 0.0458. The zero-order valence-electron chi connectivity index (χ0n) is 15.0. The maximum Gasteiger partial charge on any atom is 0.239 e. The summed E-state index contributed by atoms with van der Waals surface area (Å²) in [5, 5.41) is 7.86. The first-order chi connectivity index (χ1) is 13.3. The first-order valence-electron chi connectivity index (χ1n) is 8.72. The first kappa shape index (κ1) is 20.5. The number of hydrogen-bond acceptors (Lipinski definition) is 4. The molecule has 3 N–H and O–H groups in total. The minimum Gasteiger partial charge on any atom is -0.355 e. The maximum atomic E-state index is 12.6. The molecule has 1 unspecified atom stereocenters. The number of benzene rings is 2. The Morgan fingerprint density at radius 1 is 1.21 bits per heavy atom. The summed E-state index contributed by atoms with van der Waals surface area (Å²) in [5.74, 6) is -1.18. The Hall–Kier alpha value is -2.23. The van der Waals surface area contributed by atoms with Crippen molar-refractivity contribution < 1.29 is 18.0 Å². The van der Waals surface area contributed by atoms with Crippen molar-refractivity contribution in [2.75, 3.05) is 18.0 Å². The molecule has 9 heteroatoms. The molecule has 0 aliphatic carbocycles. The van der Waals surface area contributed by atoms with Gasteiger partial charge in [0.05, 0.1) is 4.90 Å². The number of nitrogens with zero attached hydrogens (tertiary/aromatic N) is 1. The molecular weight excluding hydrogens is 446 g/mol. The van der Waals surface area contributed by atoms with Gasteiger partial charge in [0.25, 0.3) is 0 Å². The normalized spacial score (nSPS) is 17.0. The van der Waals surface area contributed by atoms with Gasteiger partial charge in [-0.05, 0) is 48.7 Å². The van der Waals surface area contributed by atoms with Crippen molar-refractivity contribution in [2.45, 2.75) is 17.7 Å². The summed E-state index contributed by atoms with van der Waals surface area (Å²) in [7, 11) is -3.72. The van der Waals surface area contributed by atoms with Crippen molar-refractivity contribution in [2.24, 2.45) is 11.1 Å². The van der Waals surface area contributed by atoms with E-state index in [4.69, 9.17) is 5.14 Å². The molecule has 0 saturated carbocycles. The number of amides is 2. The molecule has 1 atom stereocenters. The Bertz CT molecular complexity index is 992. The Balaban J connectivity index is 1.53. The lowest BCUT2D eigenvalue weighted by Crippen LogP contribution is -2.37. The number of primary sulfonamides is 1. The summed E-state index contributed by atoms with van der Waals surface area (Å²) in [4.78, 5) is 26.7. The van der Waals surface area contributed by atoms with Gasteiger partial charge in [-0.15, -0.1) is 0 Å². The van der Waals surface area contributed by atoms with Gasteiger partial charge in [0.2, 0.25) is 21.8 Å². The van der Waals surface area contributed by atoms with Crippen LogP contribution in [-0.4, -0.2) is 33.3 Å². The molecule has 1 heterocycles. The van der Waals surface area contributed by atoms with E-state index in [2.05, 4.69) is 21.2 Å². The molecule has 1 fully saturated rings. The fraction of sp³-hybridized carbons (Fsp3) is 0.263. The van der Waals surface area contributed by atoms with Crippen molar-refractivity contribution >= 4 is 43.5 Å². The highest BCUT2D eigenvalue weighted by molar-refractivity contribution is 9.10. The largest absolute Gasteiger partial charge is 0.355 e. The molecule has 2 aromatic carbocycles. The SMILES string of the molecule is NS(=O)(=O)c1ccc(CCNC(=O)C2CCN(c3cccc(Br)c3)C2=O)cc1. The highest BCUT2D eigenvalue weighted by atomic mass is 79.9. The Labute approximate surface area is 172 Å². The van der Waals surface area contributed by atoms with Gasteiger partial charge in [-0.1, -0.05) is 34.1 Å². The van der Waals surface area contributed by atoms with E-state index >= 15 is 0 Å². The molecule has 2 amide bonds. The average Bonchev–Trinajstić information content (AvgIpc) is 3.03. The Morgan fingerprint density at radius 3 is 2.57 bits per heavy atom. The highest BCUT2D eigenvalue weighted by Crippen LogP contribution is 2.27. The molecule has 1 aliphatic rings.